The Hall–Kier alpha value is -3.92. The summed E-state index contributed by atoms with van der Waals surface area (Å²) in [5.41, 5.74) is 11.3. The molecule has 0 amide bonds. The smallest absolute Gasteiger partial charge is 0.417 e. The first kappa shape index (κ1) is 31.0. The molecule has 1 fully saturated rings. The van der Waals surface area contributed by atoms with Gasteiger partial charge in [-0.2, -0.15) is 13.2 Å². The van der Waals surface area contributed by atoms with Crippen molar-refractivity contribution in [3.8, 4) is 17.3 Å². The van der Waals surface area contributed by atoms with Gasteiger partial charge in [0.1, 0.15) is 10.6 Å². The van der Waals surface area contributed by atoms with Gasteiger partial charge in [0.2, 0.25) is 0 Å². The third-order valence-corrected chi connectivity index (χ3v) is 7.85. The molecule has 1 aliphatic rings. The molecule has 6 N–H and O–H groups in total. The lowest BCUT2D eigenvalue weighted by atomic mass is 10.0. The summed E-state index contributed by atoms with van der Waals surface area (Å²) in [5.74, 6) is 0.199. The lowest BCUT2D eigenvalue weighted by Crippen LogP contribution is -2.44. The molecular weight excluding hydrogens is 573 g/mol. The number of nitrogens with zero attached hydrogens (tertiary/aromatic N) is 5. The topological polar surface area (TPSA) is 165 Å². The molecule has 1 atom stereocenters. The number of nitrogens with one attached hydrogen (secondary N) is 1. The zero-order chi connectivity index (χ0) is 30.4. The van der Waals surface area contributed by atoms with E-state index >= 15 is 0 Å². The summed E-state index contributed by atoms with van der Waals surface area (Å²) in [6.07, 6.45) is 1.12. The number of aromatic nitrogens is 4. The number of ether oxygens (including phenoxy) is 1. The van der Waals surface area contributed by atoms with Crippen LogP contribution in [-0.4, -0.2) is 71.2 Å². The van der Waals surface area contributed by atoms with E-state index in [1.54, 1.807) is 35.6 Å². The molecule has 1 unspecified atom stereocenters. The van der Waals surface area contributed by atoms with Gasteiger partial charge in [-0.25, -0.2) is 15.0 Å². The van der Waals surface area contributed by atoms with Crippen LogP contribution in [0.15, 0.2) is 36.8 Å². The van der Waals surface area contributed by atoms with Crippen LogP contribution in [0.1, 0.15) is 39.7 Å². The van der Waals surface area contributed by atoms with E-state index in [0.717, 1.165) is 23.0 Å². The van der Waals surface area contributed by atoms with Gasteiger partial charge in [0, 0.05) is 60.8 Å². The summed E-state index contributed by atoms with van der Waals surface area (Å²) >= 11 is 0.856. The first-order valence-electron chi connectivity index (χ1n) is 13.0. The van der Waals surface area contributed by atoms with Crippen molar-refractivity contribution < 1.29 is 27.8 Å². The fourth-order valence-electron chi connectivity index (χ4n) is 4.63. The molecule has 4 aromatic heterocycles. The molecule has 5 heterocycles. The van der Waals surface area contributed by atoms with Crippen molar-refractivity contribution in [1.82, 2.24) is 25.3 Å². The molecule has 0 bridgehead atoms. The third-order valence-electron chi connectivity index (χ3n) is 6.82. The van der Waals surface area contributed by atoms with Crippen LogP contribution in [-0.2, 0) is 6.18 Å². The number of methoxy groups -OCH3 is 1. The number of rotatable bonds is 8. The van der Waals surface area contributed by atoms with Gasteiger partial charge < -0.3 is 31.5 Å². The van der Waals surface area contributed by atoms with E-state index in [2.05, 4.69) is 31.0 Å². The second-order valence-electron chi connectivity index (χ2n) is 9.32. The number of nitrogen functional groups attached to an aromatic ring is 1. The summed E-state index contributed by atoms with van der Waals surface area (Å²) in [4.78, 5) is 30.1. The first-order valence-corrected chi connectivity index (χ1v) is 13.8. The van der Waals surface area contributed by atoms with Crippen molar-refractivity contribution in [2.24, 2.45) is 5.73 Å². The summed E-state index contributed by atoms with van der Waals surface area (Å²) in [5, 5.41) is 13.8. The number of piperidine rings is 1. The molecule has 0 spiro atoms. The quantitative estimate of drug-likeness (QED) is 0.218. The number of nitrogens with two attached hydrogens (primary N) is 2. The van der Waals surface area contributed by atoms with Crippen molar-refractivity contribution in [3.63, 3.8) is 0 Å². The molecule has 1 saturated heterocycles. The Morgan fingerprint density at radius 1 is 1.19 bits per heavy atom. The standard InChI is InChI=1S/C26H26F3N7O3S.CH5N/c1-39-25-33-10-15(11-34-25)18-3-2-14(9-32-18)19(38)12-31-16-4-6-36(7-5-16)21-8-17(26(27,28)29)22-23(30)20(13-37)40-24(22)35-21;1-2/h2-3,8-11,13,16,19,31,38H,4-7,12,30H2,1H3;2H2,1H3. The predicted octanol–water partition coefficient (Wildman–Crippen LogP) is 3.44. The van der Waals surface area contributed by atoms with Gasteiger partial charge in [-0.1, -0.05) is 6.07 Å². The van der Waals surface area contributed by atoms with E-state index in [1.807, 2.05) is 0 Å². The van der Waals surface area contributed by atoms with E-state index in [1.165, 1.54) is 14.2 Å². The Labute approximate surface area is 243 Å². The minimum atomic E-state index is -4.64. The number of thiophene rings is 1. The number of fused-ring (bicyclic) bond motifs is 1. The van der Waals surface area contributed by atoms with Gasteiger partial charge in [0.25, 0.3) is 0 Å². The zero-order valence-electron chi connectivity index (χ0n) is 22.9. The Morgan fingerprint density at radius 3 is 2.45 bits per heavy atom. The van der Waals surface area contributed by atoms with E-state index in [9.17, 15) is 23.1 Å². The maximum Gasteiger partial charge on any atom is 0.417 e. The van der Waals surface area contributed by atoms with Gasteiger partial charge in [0.05, 0.1) is 35.0 Å². The third kappa shape index (κ3) is 6.75. The number of halogens is 3. The van der Waals surface area contributed by atoms with Gasteiger partial charge in [-0.15, -0.1) is 11.3 Å². The maximum absolute atomic E-state index is 13.8. The Morgan fingerprint density at radius 2 is 1.88 bits per heavy atom. The molecule has 11 nitrogen and oxygen atoms in total. The monoisotopic (exact) mass is 604 g/mol. The second kappa shape index (κ2) is 13.4. The Balaban J connectivity index is 0.00000198. The van der Waals surface area contributed by atoms with Gasteiger partial charge in [-0.3, -0.25) is 9.78 Å². The minimum absolute atomic E-state index is 0.0335. The van der Waals surface area contributed by atoms with Crippen molar-refractivity contribution in [1.29, 1.82) is 0 Å². The minimum Gasteiger partial charge on any atom is -0.467 e. The number of aldehydes is 1. The van der Waals surface area contributed by atoms with Crippen LogP contribution in [0.5, 0.6) is 6.01 Å². The normalized spacial score (nSPS) is 14.8. The van der Waals surface area contributed by atoms with Crippen molar-refractivity contribution in [2.45, 2.75) is 31.2 Å². The highest BCUT2D eigenvalue weighted by Crippen LogP contribution is 2.43. The van der Waals surface area contributed by atoms with Crippen LogP contribution < -0.4 is 26.4 Å². The number of anilines is 2. The fourth-order valence-corrected chi connectivity index (χ4v) is 5.56. The Kier molecular flexibility index (Phi) is 9.88. The molecule has 5 rings (SSSR count). The number of carbonyl (C=O) groups is 1. The molecule has 0 saturated carbocycles. The Bertz CT molecular complexity index is 1490. The molecule has 0 radical (unpaired) electrons. The molecular formula is C27H31F3N8O3S. The molecule has 15 heteroatoms. The van der Waals surface area contributed by atoms with Crippen LogP contribution in [0.25, 0.3) is 21.5 Å². The van der Waals surface area contributed by atoms with Gasteiger partial charge >= 0.3 is 12.2 Å². The molecule has 0 aliphatic carbocycles. The molecule has 1 aliphatic heterocycles. The predicted molar refractivity (Wildman–Crippen MR) is 155 cm³/mol. The van der Waals surface area contributed by atoms with Gasteiger partial charge in [-0.05, 0) is 32.0 Å². The largest absolute Gasteiger partial charge is 0.467 e. The van der Waals surface area contributed by atoms with Crippen molar-refractivity contribution in [2.75, 3.05) is 44.4 Å². The average Bonchev–Trinajstić information content (AvgIpc) is 3.35. The molecule has 4 aromatic rings. The van der Waals surface area contributed by atoms with Crippen LogP contribution in [0, 0.1) is 0 Å². The second-order valence-corrected chi connectivity index (χ2v) is 10.4. The number of alkyl halides is 3. The summed E-state index contributed by atoms with van der Waals surface area (Å²) in [6.45, 7) is 1.25. The lowest BCUT2D eigenvalue weighted by molar-refractivity contribution is -0.136. The number of carbonyl (C=O) groups excluding carboxylic acids is 1. The van der Waals surface area contributed by atoms with Crippen LogP contribution >= 0.6 is 11.3 Å². The summed E-state index contributed by atoms with van der Waals surface area (Å²) in [7, 11) is 2.99. The van der Waals surface area contributed by atoms with E-state index in [4.69, 9.17) is 10.5 Å². The van der Waals surface area contributed by atoms with Crippen LogP contribution in [0.4, 0.5) is 24.7 Å². The highest BCUT2D eigenvalue weighted by molar-refractivity contribution is 7.20. The molecule has 0 aromatic carbocycles. The zero-order valence-corrected chi connectivity index (χ0v) is 23.7. The molecule has 224 valence electrons. The first-order chi connectivity index (χ1) is 20.2. The van der Waals surface area contributed by atoms with Crippen LogP contribution in [0.3, 0.4) is 0 Å². The highest BCUT2D eigenvalue weighted by Gasteiger charge is 2.36. The number of aliphatic hydroxyl groups is 1. The van der Waals surface area contributed by atoms with E-state index < -0.39 is 17.8 Å². The number of aliphatic hydroxyl groups excluding tert-OH is 1. The average molecular weight is 605 g/mol. The number of hydrogen-bond acceptors (Lipinski definition) is 12. The highest BCUT2D eigenvalue weighted by atomic mass is 32.1. The molecule has 42 heavy (non-hydrogen) atoms. The van der Waals surface area contributed by atoms with Gasteiger partial charge in [0.15, 0.2) is 6.29 Å². The van der Waals surface area contributed by atoms with Crippen molar-refractivity contribution in [3.05, 3.63) is 52.8 Å². The maximum atomic E-state index is 13.8. The SMILES string of the molecule is CN.COc1ncc(-c2ccc(C(O)CNC3CCN(c4cc(C(F)(F)F)c5c(N)c(C=O)sc5n4)CC3)cn2)cn1. The fraction of sp³-hybridized carbons (Fsp3) is 0.370. The summed E-state index contributed by atoms with van der Waals surface area (Å²) < 4.78 is 46.5. The number of pyridine rings is 2. The van der Waals surface area contributed by atoms with E-state index in [-0.39, 0.29) is 38.7 Å². The summed E-state index contributed by atoms with van der Waals surface area (Å²) in [6, 6.07) is 4.90. The van der Waals surface area contributed by atoms with E-state index in [0.29, 0.717) is 50.0 Å². The van der Waals surface area contributed by atoms with Crippen molar-refractivity contribution >= 4 is 39.3 Å². The number of hydrogen-bond donors (Lipinski definition) is 4. The lowest BCUT2D eigenvalue weighted by Gasteiger charge is -2.34. The van der Waals surface area contributed by atoms with Crippen LogP contribution in [0.2, 0.25) is 0 Å².